The molecule has 1 aromatic heterocycles. The van der Waals surface area contributed by atoms with Crippen LogP contribution in [0.5, 0.6) is 11.9 Å². The summed E-state index contributed by atoms with van der Waals surface area (Å²) in [4.78, 5) is 8.27. The lowest BCUT2D eigenvalue weighted by molar-refractivity contribution is 0.207. The second-order valence-corrected chi connectivity index (χ2v) is 4.09. The summed E-state index contributed by atoms with van der Waals surface area (Å²) in [7, 11) is 0. The van der Waals surface area contributed by atoms with E-state index in [4.69, 9.17) is 9.47 Å². The molecule has 0 aliphatic carbocycles. The van der Waals surface area contributed by atoms with Gasteiger partial charge in [-0.1, -0.05) is 30.3 Å². The second-order valence-electron chi connectivity index (χ2n) is 4.09. The molecule has 0 unspecified atom stereocenters. The molecular weight excluding hydrogens is 256 g/mol. The molecule has 1 aromatic carbocycles. The Bertz CT molecular complexity index is 546. The maximum absolute atomic E-state index is 10.4. The third kappa shape index (κ3) is 3.24. The fraction of sp³-hybridized carbons (Fsp3) is 0.333. The Labute approximate surface area is 118 Å². The van der Waals surface area contributed by atoms with Gasteiger partial charge in [0, 0.05) is 6.20 Å². The van der Waals surface area contributed by atoms with Gasteiger partial charge in [0.1, 0.15) is 6.10 Å². The molecule has 0 spiro atoms. The van der Waals surface area contributed by atoms with Crippen LogP contribution >= 0.6 is 0 Å². The van der Waals surface area contributed by atoms with Gasteiger partial charge < -0.3 is 14.6 Å². The Kier molecular flexibility index (Phi) is 4.90. The second kappa shape index (κ2) is 6.86. The number of hydrogen-bond acceptors (Lipinski definition) is 5. The first-order chi connectivity index (χ1) is 9.76. The zero-order chi connectivity index (χ0) is 14.4. The molecule has 20 heavy (non-hydrogen) atoms. The summed E-state index contributed by atoms with van der Waals surface area (Å²) in [5.74, 6) is 0.349. The van der Waals surface area contributed by atoms with E-state index in [1.165, 1.54) is 0 Å². The van der Waals surface area contributed by atoms with Crippen molar-refractivity contribution in [1.82, 2.24) is 9.97 Å². The van der Waals surface area contributed by atoms with Gasteiger partial charge in [-0.05, 0) is 19.4 Å². The fourth-order valence-corrected chi connectivity index (χ4v) is 1.81. The summed E-state index contributed by atoms with van der Waals surface area (Å²) >= 11 is 0. The van der Waals surface area contributed by atoms with Gasteiger partial charge in [-0.3, -0.25) is 0 Å². The molecule has 2 rings (SSSR count). The zero-order valence-electron chi connectivity index (χ0n) is 11.6. The Morgan fingerprint density at radius 2 is 1.80 bits per heavy atom. The van der Waals surface area contributed by atoms with E-state index < -0.39 is 6.10 Å². The SMILES string of the molecule is CCOc1ncc([C@@H](O)c2ccccc2)c(OCC)n1. The number of aliphatic hydroxyl groups is 1. The minimum absolute atomic E-state index is 0.250. The monoisotopic (exact) mass is 274 g/mol. The maximum Gasteiger partial charge on any atom is 0.319 e. The molecule has 0 fully saturated rings. The van der Waals surface area contributed by atoms with Crippen molar-refractivity contribution in [3.63, 3.8) is 0 Å². The van der Waals surface area contributed by atoms with Crippen LogP contribution < -0.4 is 9.47 Å². The maximum atomic E-state index is 10.4. The molecule has 5 nitrogen and oxygen atoms in total. The Morgan fingerprint density at radius 3 is 2.45 bits per heavy atom. The van der Waals surface area contributed by atoms with Gasteiger partial charge in [-0.15, -0.1) is 0 Å². The van der Waals surface area contributed by atoms with Crippen LogP contribution in [-0.4, -0.2) is 28.3 Å². The summed E-state index contributed by atoms with van der Waals surface area (Å²) < 4.78 is 10.7. The largest absolute Gasteiger partial charge is 0.478 e. The molecule has 2 aromatic rings. The van der Waals surface area contributed by atoms with Crippen molar-refractivity contribution in [1.29, 1.82) is 0 Å². The molecule has 0 aliphatic rings. The lowest BCUT2D eigenvalue weighted by Crippen LogP contribution is -2.08. The fourth-order valence-electron chi connectivity index (χ4n) is 1.81. The van der Waals surface area contributed by atoms with E-state index in [1.807, 2.05) is 44.2 Å². The topological polar surface area (TPSA) is 64.5 Å². The van der Waals surface area contributed by atoms with Gasteiger partial charge in [0.25, 0.3) is 0 Å². The molecule has 0 radical (unpaired) electrons. The molecule has 0 bridgehead atoms. The van der Waals surface area contributed by atoms with Crippen LogP contribution in [0, 0.1) is 0 Å². The van der Waals surface area contributed by atoms with E-state index >= 15 is 0 Å². The first kappa shape index (κ1) is 14.3. The van der Waals surface area contributed by atoms with Gasteiger partial charge >= 0.3 is 6.01 Å². The van der Waals surface area contributed by atoms with E-state index in [0.717, 1.165) is 5.56 Å². The highest BCUT2D eigenvalue weighted by Crippen LogP contribution is 2.29. The molecular formula is C15H18N2O3. The summed E-state index contributed by atoms with van der Waals surface area (Å²) in [6.45, 7) is 4.65. The van der Waals surface area contributed by atoms with Crippen LogP contribution in [0.1, 0.15) is 31.1 Å². The normalized spacial score (nSPS) is 11.9. The number of benzene rings is 1. The van der Waals surface area contributed by atoms with E-state index in [0.29, 0.717) is 24.7 Å². The highest BCUT2D eigenvalue weighted by atomic mass is 16.5. The third-order valence-corrected chi connectivity index (χ3v) is 2.72. The van der Waals surface area contributed by atoms with Crippen LogP contribution in [0.3, 0.4) is 0 Å². The van der Waals surface area contributed by atoms with Crippen molar-refractivity contribution in [2.45, 2.75) is 20.0 Å². The van der Waals surface area contributed by atoms with Crippen molar-refractivity contribution in [3.8, 4) is 11.9 Å². The van der Waals surface area contributed by atoms with E-state index in [2.05, 4.69) is 9.97 Å². The summed E-state index contributed by atoms with van der Waals surface area (Å²) in [5, 5.41) is 10.4. The Hall–Kier alpha value is -2.14. The lowest BCUT2D eigenvalue weighted by atomic mass is 10.0. The number of nitrogens with zero attached hydrogens (tertiary/aromatic N) is 2. The van der Waals surface area contributed by atoms with Gasteiger partial charge in [0.2, 0.25) is 5.88 Å². The Balaban J connectivity index is 2.34. The lowest BCUT2D eigenvalue weighted by Gasteiger charge is -2.15. The smallest absolute Gasteiger partial charge is 0.319 e. The molecule has 5 heteroatoms. The van der Waals surface area contributed by atoms with Crippen LogP contribution in [0.2, 0.25) is 0 Å². The Morgan fingerprint density at radius 1 is 1.10 bits per heavy atom. The minimum Gasteiger partial charge on any atom is -0.478 e. The molecule has 0 aliphatic heterocycles. The highest BCUT2D eigenvalue weighted by Gasteiger charge is 2.18. The first-order valence-corrected chi connectivity index (χ1v) is 6.61. The van der Waals surface area contributed by atoms with Crippen molar-refractivity contribution >= 4 is 0 Å². The first-order valence-electron chi connectivity index (χ1n) is 6.61. The van der Waals surface area contributed by atoms with Crippen LogP contribution in [0.4, 0.5) is 0 Å². The van der Waals surface area contributed by atoms with E-state index in [1.54, 1.807) is 6.20 Å². The molecule has 0 saturated heterocycles. The van der Waals surface area contributed by atoms with E-state index in [-0.39, 0.29) is 6.01 Å². The number of aromatic nitrogens is 2. The number of rotatable bonds is 6. The van der Waals surface area contributed by atoms with Gasteiger partial charge in [-0.25, -0.2) is 4.98 Å². The zero-order valence-corrected chi connectivity index (χ0v) is 11.6. The number of ether oxygens (including phenoxy) is 2. The third-order valence-electron chi connectivity index (χ3n) is 2.72. The standard InChI is InChI=1S/C15H18N2O3/c1-3-19-14-12(10-16-15(17-14)20-4-2)13(18)11-8-6-5-7-9-11/h5-10,13,18H,3-4H2,1-2H3/t13-/m0/s1. The molecule has 1 N–H and O–H groups in total. The quantitative estimate of drug-likeness (QED) is 0.876. The van der Waals surface area contributed by atoms with Gasteiger partial charge in [0.15, 0.2) is 0 Å². The van der Waals surface area contributed by atoms with Crippen molar-refractivity contribution in [3.05, 3.63) is 47.7 Å². The van der Waals surface area contributed by atoms with Crippen molar-refractivity contribution in [2.75, 3.05) is 13.2 Å². The minimum atomic E-state index is -0.826. The molecule has 0 saturated carbocycles. The predicted octanol–water partition coefficient (Wildman–Crippen LogP) is 2.36. The molecule has 0 amide bonds. The van der Waals surface area contributed by atoms with Crippen LogP contribution in [-0.2, 0) is 0 Å². The number of hydrogen-bond donors (Lipinski definition) is 1. The average molecular weight is 274 g/mol. The molecule has 1 atom stereocenters. The van der Waals surface area contributed by atoms with Crippen LogP contribution in [0.15, 0.2) is 36.5 Å². The van der Waals surface area contributed by atoms with Gasteiger partial charge in [0.05, 0.1) is 18.8 Å². The summed E-state index contributed by atoms with van der Waals surface area (Å²) in [5.41, 5.74) is 1.29. The van der Waals surface area contributed by atoms with Crippen LogP contribution in [0.25, 0.3) is 0 Å². The number of aliphatic hydroxyl groups excluding tert-OH is 1. The van der Waals surface area contributed by atoms with Crippen molar-refractivity contribution in [2.24, 2.45) is 0 Å². The molecule has 106 valence electrons. The van der Waals surface area contributed by atoms with Crippen molar-refractivity contribution < 1.29 is 14.6 Å². The summed E-state index contributed by atoms with van der Waals surface area (Å²) in [6, 6.07) is 9.57. The predicted molar refractivity (Wildman–Crippen MR) is 74.9 cm³/mol. The average Bonchev–Trinajstić information content (AvgIpc) is 2.48. The highest BCUT2D eigenvalue weighted by molar-refractivity contribution is 5.35. The van der Waals surface area contributed by atoms with E-state index in [9.17, 15) is 5.11 Å². The molecule has 1 heterocycles. The van der Waals surface area contributed by atoms with Gasteiger partial charge in [-0.2, -0.15) is 4.98 Å². The summed E-state index contributed by atoms with van der Waals surface area (Å²) in [6.07, 6.45) is 0.717.